The fraction of sp³-hybridized carbons (Fsp3) is 0.923. The average molecular weight is 238 g/mol. The summed E-state index contributed by atoms with van der Waals surface area (Å²) in [5.74, 6) is 1.60. The molecule has 0 bridgehead atoms. The molecule has 0 aromatic rings. The summed E-state index contributed by atoms with van der Waals surface area (Å²) in [7, 11) is 0. The number of nitrogens with two attached hydrogens (primary N) is 1. The van der Waals surface area contributed by atoms with E-state index in [0.29, 0.717) is 12.6 Å². The molecule has 0 spiro atoms. The standard InChI is InChI=1S/C13H22N2O2/c14-7-10-5-6-11(17-10)13(16)15-12(8-1-2-8)9-3-4-9/h8-12H,1-7,14H2,(H,15,16). The second kappa shape index (κ2) is 4.58. The second-order valence-corrected chi connectivity index (χ2v) is 5.77. The van der Waals surface area contributed by atoms with Gasteiger partial charge in [-0.3, -0.25) is 4.79 Å². The van der Waals surface area contributed by atoms with Gasteiger partial charge in [0.1, 0.15) is 6.10 Å². The molecule has 3 N–H and O–H groups in total. The molecule has 2 unspecified atom stereocenters. The number of nitrogens with one attached hydrogen (secondary N) is 1. The molecule has 4 nitrogen and oxygen atoms in total. The fourth-order valence-corrected chi connectivity index (χ4v) is 2.86. The predicted molar refractivity (Wildman–Crippen MR) is 64.3 cm³/mol. The number of carbonyl (C=O) groups excluding carboxylic acids is 1. The molecule has 3 rings (SSSR count). The lowest BCUT2D eigenvalue weighted by Gasteiger charge is -2.20. The first-order chi connectivity index (χ1) is 8.28. The third-order valence-electron chi connectivity index (χ3n) is 4.23. The third-order valence-corrected chi connectivity index (χ3v) is 4.23. The van der Waals surface area contributed by atoms with Crippen molar-refractivity contribution in [1.82, 2.24) is 5.32 Å². The number of hydrogen-bond donors (Lipinski definition) is 2. The zero-order valence-corrected chi connectivity index (χ0v) is 10.2. The Morgan fingerprint density at radius 2 is 1.82 bits per heavy atom. The number of hydrogen-bond acceptors (Lipinski definition) is 3. The quantitative estimate of drug-likeness (QED) is 0.744. The minimum Gasteiger partial charge on any atom is -0.364 e. The van der Waals surface area contributed by atoms with Crippen molar-refractivity contribution in [1.29, 1.82) is 0 Å². The zero-order chi connectivity index (χ0) is 11.8. The number of carbonyl (C=O) groups is 1. The van der Waals surface area contributed by atoms with Crippen LogP contribution in [0.15, 0.2) is 0 Å². The summed E-state index contributed by atoms with van der Waals surface area (Å²) in [6.07, 6.45) is 6.75. The molecule has 0 radical (unpaired) electrons. The fourth-order valence-electron chi connectivity index (χ4n) is 2.86. The number of rotatable bonds is 5. The Kier molecular flexibility index (Phi) is 3.09. The van der Waals surface area contributed by atoms with Crippen LogP contribution in [0.4, 0.5) is 0 Å². The van der Waals surface area contributed by atoms with Gasteiger partial charge in [0.25, 0.3) is 0 Å². The Labute approximate surface area is 102 Å². The molecule has 3 aliphatic rings. The van der Waals surface area contributed by atoms with Gasteiger partial charge >= 0.3 is 0 Å². The van der Waals surface area contributed by atoms with Crippen molar-refractivity contribution >= 4 is 5.91 Å². The topological polar surface area (TPSA) is 64.4 Å². The highest BCUT2D eigenvalue weighted by molar-refractivity contribution is 5.81. The monoisotopic (exact) mass is 238 g/mol. The molecule has 3 fully saturated rings. The Balaban J connectivity index is 1.51. The van der Waals surface area contributed by atoms with Crippen molar-refractivity contribution in [2.75, 3.05) is 6.54 Å². The van der Waals surface area contributed by atoms with Gasteiger partial charge in [-0.05, 0) is 50.4 Å². The van der Waals surface area contributed by atoms with Crippen LogP contribution in [0.25, 0.3) is 0 Å². The van der Waals surface area contributed by atoms with Crippen LogP contribution in [0, 0.1) is 11.8 Å². The van der Waals surface area contributed by atoms with Crippen LogP contribution in [0.1, 0.15) is 38.5 Å². The summed E-state index contributed by atoms with van der Waals surface area (Å²) in [5, 5.41) is 3.22. The van der Waals surface area contributed by atoms with Crippen LogP contribution in [-0.2, 0) is 9.53 Å². The van der Waals surface area contributed by atoms with Crippen molar-refractivity contribution < 1.29 is 9.53 Å². The van der Waals surface area contributed by atoms with Gasteiger partial charge in [0.2, 0.25) is 5.91 Å². The van der Waals surface area contributed by atoms with Crippen LogP contribution in [0.5, 0.6) is 0 Å². The highest BCUT2D eigenvalue weighted by Crippen LogP contribution is 2.44. The molecule has 1 aliphatic heterocycles. The van der Waals surface area contributed by atoms with Crippen molar-refractivity contribution in [3.05, 3.63) is 0 Å². The lowest BCUT2D eigenvalue weighted by Crippen LogP contribution is -2.44. The third kappa shape index (κ3) is 2.63. The lowest BCUT2D eigenvalue weighted by molar-refractivity contribution is -0.132. The summed E-state index contributed by atoms with van der Waals surface area (Å²) in [6, 6.07) is 0.433. The van der Waals surface area contributed by atoms with Gasteiger partial charge in [-0.15, -0.1) is 0 Å². The van der Waals surface area contributed by atoms with Crippen molar-refractivity contribution in [2.24, 2.45) is 17.6 Å². The number of amides is 1. The molecule has 96 valence electrons. The SMILES string of the molecule is NCC1CCC(C(=O)NC(C2CC2)C2CC2)O1. The minimum atomic E-state index is -0.247. The van der Waals surface area contributed by atoms with E-state index in [9.17, 15) is 4.79 Å². The normalized spacial score (nSPS) is 33.1. The summed E-state index contributed by atoms with van der Waals surface area (Å²) in [6.45, 7) is 0.526. The van der Waals surface area contributed by atoms with Crippen molar-refractivity contribution in [3.8, 4) is 0 Å². The predicted octanol–water partition coefficient (Wildman–Crippen LogP) is 0.797. The highest BCUT2D eigenvalue weighted by Gasteiger charge is 2.43. The van der Waals surface area contributed by atoms with E-state index in [2.05, 4.69) is 5.32 Å². The largest absolute Gasteiger partial charge is 0.364 e. The van der Waals surface area contributed by atoms with Crippen LogP contribution >= 0.6 is 0 Å². The maximum Gasteiger partial charge on any atom is 0.249 e. The van der Waals surface area contributed by atoms with Crippen molar-refractivity contribution in [3.63, 3.8) is 0 Å². The van der Waals surface area contributed by atoms with Crippen LogP contribution < -0.4 is 11.1 Å². The molecule has 1 saturated heterocycles. The number of ether oxygens (including phenoxy) is 1. The van der Waals surface area contributed by atoms with E-state index < -0.39 is 0 Å². The van der Waals surface area contributed by atoms with Gasteiger partial charge in [0.15, 0.2) is 0 Å². The van der Waals surface area contributed by atoms with Crippen molar-refractivity contribution in [2.45, 2.75) is 56.8 Å². The van der Waals surface area contributed by atoms with Gasteiger partial charge in [-0.1, -0.05) is 0 Å². The van der Waals surface area contributed by atoms with E-state index >= 15 is 0 Å². The van der Waals surface area contributed by atoms with Gasteiger partial charge in [-0.2, -0.15) is 0 Å². The zero-order valence-electron chi connectivity index (χ0n) is 10.2. The Morgan fingerprint density at radius 1 is 1.18 bits per heavy atom. The van der Waals surface area contributed by atoms with E-state index in [-0.39, 0.29) is 18.1 Å². The second-order valence-electron chi connectivity index (χ2n) is 5.77. The molecule has 1 amide bonds. The van der Waals surface area contributed by atoms with E-state index in [1.54, 1.807) is 0 Å². The first-order valence-corrected chi connectivity index (χ1v) is 6.94. The van der Waals surface area contributed by atoms with E-state index in [1.807, 2.05) is 0 Å². The summed E-state index contributed by atoms with van der Waals surface area (Å²) in [4.78, 5) is 12.1. The van der Waals surface area contributed by atoms with Gasteiger partial charge in [-0.25, -0.2) is 0 Å². The van der Waals surface area contributed by atoms with E-state index in [1.165, 1.54) is 25.7 Å². The molecule has 0 aromatic carbocycles. The molecular weight excluding hydrogens is 216 g/mol. The van der Waals surface area contributed by atoms with Crippen LogP contribution in [0.2, 0.25) is 0 Å². The summed E-state index contributed by atoms with van der Waals surface area (Å²) in [5.41, 5.74) is 5.56. The van der Waals surface area contributed by atoms with Crippen LogP contribution in [-0.4, -0.2) is 30.7 Å². The first kappa shape index (κ1) is 11.5. The molecule has 4 heteroatoms. The minimum absolute atomic E-state index is 0.0889. The first-order valence-electron chi connectivity index (χ1n) is 6.94. The Bertz CT molecular complexity index is 288. The molecule has 17 heavy (non-hydrogen) atoms. The molecular formula is C13H22N2O2. The summed E-state index contributed by atoms with van der Waals surface area (Å²) < 4.78 is 5.64. The van der Waals surface area contributed by atoms with E-state index in [4.69, 9.17) is 10.5 Å². The molecule has 1 heterocycles. The molecule has 2 aliphatic carbocycles. The van der Waals surface area contributed by atoms with Crippen LogP contribution in [0.3, 0.4) is 0 Å². The van der Waals surface area contributed by atoms with Gasteiger partial charge in [0.05, 0.1) is 6.10 Å². The van der Waals surface area contributed by atoms with Gasteiger partial charge < -0.3 is 15.8 Å². The smallest absolute Gasteiger partial charge is 0.249 e. The lowest BCUT2D eigenvalue weighted by atomic mass is 10.1. The highest BCUT2D eigenvalue weighted by atomic mass is 16.5. The molecule has 2 saturated carbocycles. The maximum atomic E-state index is 12.1. The summed E-state index contributed by atoms with van der Waals surface area (Å²) >= 11 is 0. The van der Waals surface area contributed by atoms with E-state index in [0.717, 1.165) is 24.7 Å². The average Bonchev–Trinajstić information content (AvgIpc) is 3.24. The molecule has 0 aromatic heterocycles. The van der Waals surface area contributed by atoms with Gasteiger partial charge in [0, 0.05) is 12.6 Å². The Morgan fingerprint density at radius 3 is 2.29 bits per heavy atom. The maximum absolute atomic E-state index is 12.1. The molecule has 2 atom stereocenters. The Hall–Kier alpha value is -0.610.